The summed E-state index contributed by atoms with van der Waals surface area (Å²) in [4.78, 5) is 46.4. The first-order valence-electron chi connectivity index (χ1n) is 7.05. The first-order chi connectivity index (χ1) is 10.1. The van der Waals surface area contributed by atoms with E-state index in [0.717, 1.165) is 0 Å². The van der Waals surface area contributed by atoms with E-state index in [0.29, 0.717) is 0 Å². The lowest BCUT2D eigenvalue weighted by Gasteiger charge is -2.24. The maximum absolute atomic E-state index is 12.2. The van der Waals surface area contributed by atoms with Crippen molar-refractivity contribution >= 4 is 23.7 Å². The van der Waals surface area contributed by atoms with Gasteiger partial charge in [0, 0.05) is 6.92 Å². The van der Waals surface area contributed by atoms with Crippen LogP contribution >= 0.6 is 0 Å². The first kappa shape index (κ1) is 19.9. The normalized spacial score (nSPS) is 14.5. The lowest BCUT2D eigenvalue weighted by atomic mass is 10.0. The molecule has 0 fully saturated rings. The highest BCUT2D eigenvalue weighted by molar-refractivity contribution is 5.93. The molecule has 126 valence electrons. The molecule has 0 aliphatic carbocycles. The molecule has 0 aliphatic rings. The van der Waals surface area contributed by atoms with Crippen molar-refractivity contribution < 1.29 is 23.9 Å². The summed E-state index contributed by atoms with van der Waals surface area (Å²) >= 11 is 0. The van der Waals surface area contributed by atoms with E-state index in [4.69, 9.17) is 0 Å². The van der Waals surface area contributed by atoms with Crippen molar-refractivity contribution in [3.63, 3.8) is 0 Å². The van der Waals surface area contributed by atoms with Crippen LogP contribution in [0.3, 0.4) is 0 Å². The molecule has 3 amide bonds. The van der Waals surface area contributed by atoms with Crippen LogP contribution in [0.5, 0.6) is 0 Å². The molecule has 8 heteroatoms. The van der Waals surface area contributed by atoms with Crippen LogP contribution in [-0.2, 0) is 23.9 Å². The van der Waals surface area contributed by atoms with Crippen LogP contribution in [0.2, 0.25) is 0 Å². The molecule has 0 radical (unpaired) electrons. The number of rotatable bonds is 7. The number of esters is 1. The Bertz CT molecular complexity index is 436. The zero-order valence-electron chi connectivity index (χ0n) is 13.9. The Balaban J connectivity index is 4.79. The van der Waals surface area contributed by atoms with E-state index in [1.165, 1.54) is 27.9 Å². The highest BCUT2D eigenvalue weighted by atomic mass is 16.5. The Hall–Kier alpha value is -2.12. The van der Waals surface area contributed by atoms with Crippen molar-refractivity contribution in [3.05, 3.63) is 0 Å². The molecular formula is C14H25N3O5. The highest BCUT2D eigenvalue weighted by Crippen LogP contribution is 2.03. The molecule has 8 nitrogen and oxygen atoms in total. The van der Waals surface area contributed by atoms with Crippen LogP contribution in [0.4, 0.5) is 0 Å². The Morgan fingerprint density at radius 1 is 0.818 bits per heavy atom. The number of ether oxygens (including phenoxy) is 1. The quantitative estimate of drug-likeness (QED) is 0.539. The standard InChI is InChI=1S/C14H25N3O5/c1-7(2)11(13(20)16-9(4)14(21)22-6)17-12(19)8(3)15-10(5)18/h7-9,11H,1-6H3,(H,15,18)(H,16,20)(H,17,19)/t8-,9-,11+/m0/s1. The minimum Gasteiger partial charge on any atom is -0.467 e. The summed E-state index contributed by atoms with van der Waals surface area (Å²) in [7, 11) is 1.22. The molecule has 3 atom stereocenters. The zero-order chi connectivity index (χ0) is 17.4. The second-order valence-corrected chi connectivity index (χ2v) is 5.41. The SMILES string of the molecule is COC(=O)[C@H](C)NC(=O)[C@H](NC(=O)[C@H](C)NC(C)=O)C(C)C. The van der Waals surface area contributed by atoms with Gasteiger partial charge in [-0.2, -0.15) is 0 Å². The monoisotopic (exact) mass is 315 g/mol. The molecule has 0 saturated carbocycles. The van der Waals surface area contributed by atoms with Gasteiger partial charge >= 0.3 is 5.97 Å². The van der Waals surface area contributed by atoms with Gasteiger partial charge in [-0.25, -0.2) is 4.79 Å². The van der Waals surface area contributed by atoms with Crippen LogP contribution in [0, 0.1) is 5.92 Å². The second-order valence-electron chi connectivity index (χ2n) is 5.41. The number of hydrogen-bond donors (Lipinski definition) is 3. The zero-order valence-corrected chi connectivity index (χ0v) is 13.9. The molecule has 0 spiro atoms. The van der Waals surface area contributed by atoms with Gasteiger partial charge in [-0.05, 0) is 19.8 Å². The topological polar surface area (TPSA) is 114 Å². The molecule has 3 N–H and O–H groups in total. The maximum atomic E-state index is 12.2. The van der Waals surface area contributed by atoms with Crippen LogP contribution < -0.4 is 16.0 Å². The molecule has 0 heterocycles. The summed E-state index contributed by atoms with van der Waals surface area (Å²) in [5.74, 6) is -2.08. The fourth-order valence-corrected chi connectivity index (χ4v) is 1.72. The second kappa shape index (κ2) is 9.01. The van der Waals surface area contributed by atoms with Gasteiger partial charge in [-0.1, -0.05) is 13.8 Å². The molecule has 0 aromatic heterocycles. The third kappa shape index (κ3) is 6.55. The van der Waals surface area contributed by atoms with Gasteiger partial charge < -0.3 is 20.7 Å². The van der Waals surface area contributed by atoms with Crippen LogP contribution in [-0.4, -0.2) is 48.9 Å². The fraction of sp³-hybridized carbons (Fsp3) is 0.714. The number of carbonyl (C=O) groups is 4. The van der Waals surface area contributed by atoms with E-state index in [2.05, 4.69) is 20.7 Å². The summed E-state index contributed by atoms with van der Waals surface area (Å²) in [5.41, 5.74) is 0. The number of methoxy groups -OCH3 is 1. The Kier molecular flexibility index (Phi) is 8.14. The first-order valence-corrected chi connectivity index (χ1v) is 7.05. The van der Waals surface area contributed by atoms with E-state index in [1.54, 1.807) is 13.8 Å². The highest BCUT2D eigenvalue weighted by Gasteiger charge is 2.28. The molecular weight excluding hydrogens is 290 g/mol. The molecule has 0 aliphatic heterocycles. The fourth-order valence-electron chi connectivity index (χ4n) is 1.72. The molecule has 22 heavy (non-hydrogen) atoms. The van der Waals surface area contributed by atoms with Crippen molar-refractivity contribution in [2.45, 2.75) is 52.7 Å². The van der Waals surface area contributed by atoms with Crippen molar-refractivity contribution in [2.75, 3.05) is 7.11 Å². The van der Waals surface area contributed by atoms with Gasteiger partial charge in [0.2, 0.25) is 17.7 Å². The molecule has 0 bridgehead atoms. The Morgan fingerprint density at radius 3 is 1.77 bits per heavy atom. The van der Waals surface area contributed by atoms with E-state index in [9.17, 15) is 19.2 Å². The Morgan fingerprint density at radius 2 is 1.36 bits per heavy atom. The van der Waals surface area contributed by atoms with Gasteiger partial charge in [0.1, 0.15) is 18.1 Å². The van der Waals surface area contributed by atoms with E-state index >= 15 is 0 Å². The number of carbonyl (C=O) groups excluding carboxylic acids is 4. The summed E-state index contributed by atoms with van der Waals surface area (Å²) in [6.45, 7) is 7.83. The lowest BCUT2D eigenvalue weighted by molar-refractivity contribution is -0.145. The minimum absolute atomic E-state index is 0.196. The molecule has 0 rings (SSSR count). The third-order valence-electron chi connectivity index (χ3n) is 2.97. The van der Waals surface area contributed by atoms with Crippen molar-refractivity contribution in [2.24, 2.45) is 5.92 Å². The summed E-state index contributed by atoms with van der Waals surface area (Å²) < 4.78 is 4.53. The van der Waals surface area contributed by atoms with Gasteiger partial charge in [-0.15, -0.1) is 0 Å². The number of nitrogens with one attached hydrogen (secondary N) is 3. The van der Waals surface area contributed by atoms with Gasteiger partial charge in [0.05, 0.1) is 7.11 Å². The van der Waals surface area contributed by atoms with Crippen LogP contribution in [0.1, 0.15) is 34.6 Å². The molecule has 0 aromatic carbocycles. The smallest absolute Gasteiger partial charge is 0.328 e. The molecule has 0 unspecified atom stereocenters. The third-order valence-corrected chi connectivity index (χ3v) is 2.97. The minimum atomic E-state index is -0.823. The average Bonchev–Trinajstić information content (AvgIpc) is 2.41. The van der Waals surface area contributed by atoms with E-state index in [1.807, 2.05) is 0 Å². The predicted octanol–water partition coefficient (Wildman–Crippen LogP) is -0.670. The van der Waals surface area contributed by atoms with Gasteiger partial charge in [-0.3, -0.25) is 14.4 Å². The largest absolute Gasteiger partial charge is 0.467 e. The Labute approximate surface area is 130 Å². The van der Waals surface area contributed by atoms with Crippen molar-refractivity contribution in [1.29, 1.82) is 0 Å². The van der Waals surface area contributed by atoms with Crippen molar-refractivity contribution in [3.8, 4) is 0 Å². The summed E-state index contributed by atoms with van der Waals surface area (Å²) in [5, 5.41) is 7.48. The van der Waals surface area contributed by atoms with Gasteiger partial charge in [0.15, 0.2) is 0 Å². The average molecular weight is 315 g/mol. The molecule has 0 aromatic rings. The van der Waals surface area contributed by atoms with Gasteiger partial charge in [0.25, 0.3) is 0 Å². The van der Waals surface area contributed by atoms with Crippen LogP contribution in [0.25, 0.3) is 0 Å². The summed E-state index contributed by atoms with van der Waals surface area (Å²) in [6.07, 6.45) is 0. The van der Waals surface area contributed by atoms with E-state index in [-0.39, 0.29) is 11.8 Å². The predicted molar refractivity (Wildman–Crippen MR) is 79.7 cm³/mol. The summed E-state index contributed by atoms with van der Waals surface area (Å²) in [6, 6.07) is -2.40. The molecule has 0 saturated heterocycles. The number of hydrogen-bond acceptors (Lipinski definition) is 5. The van der Waals surface area contributed by atoms with E-state index < -0.39 is 35.9 Å². The lowest BCUT2D eigenvalue weighted by Crippen LogP contribution is -2.56. The van der Waals surface area contributed by atoms with Crippen LogP contribution in [0.15, 0.2) is 0 Å². The maximum Gasteiger partial charge on any atom is 0.328 e. The van der Waals surface area contributed by atoms with Crippen molar-refractivity contribution in [1.82, 2.24) is 16.0 Å². The number of amides is 3.